The summed E-state index contributed by atoms with van der Waals surface area (Å²) in [5, 5.41) is 0. The third-order valence-electron chi connectivity index (χ3n) is 2.65. The zero-order valence-corrected chi connectivity index (χ0v) is 10.1. The number of carbonyl (C=O) groups is 1. The Morgan fingerprint density at radius 2 is 2.40 bits per heavy atom. The van der Waals surface area contributed by atoms with E-state index in [2.05, 4.69) is 20.9 Å². The predicted octanol–water partition coefficient (Wildman–Crippen LogP) is 1.27. The van der Waals surface area contributed by atoms with Crippen LogP contribution in [0, 0.1) is 0 Å². The van der Waals surface area contributed by atoms with E-state index >= 15 is 0 Å². The van der Waals surface area contributed by atoms with E-state index in [9.17, 15) is 4.79 Å². The van der Waals surface area contributed by atoms with Crippen molar-refractivity contribution >= 4 is 21.8 Å². The van der Waals surface area contributed by atoms with E-state index in [1.807, 2.05) is 15.7 Å². The molecule has 0 saturated carbocycles. The van der Waals surface area contributed by atoms with Gasteiger partial charge in [0.05, 0.1) is 11.2 Å². The number of halogens is 1. The fourth-order valence-corrected chi connectivity index (χ4v) is 2.38. The lowest BCUT2D eigenvalue weighted by Crippen LogP contribution is -2.43. The number of aromatic nitrogens is 2. The van der Waals surface area contributed by atoms with Crippen LogP contribution in [0.15, 0.2) is 18.7 Å². The molecule has 1 aliphatic heterocycles. The molecule has 0 radical (unpaired) electrons. The molecule has 82 valence electrons. The molecule has 2 heterocycles. The van der Waals surface area contributed by atoms with Crippen molar-refractivity contribution in [3.8, 4) is 0 Å². The highest BCUT2D eigenvalue weighted by Gasteiger charge is 2.25. The fourth-order valence-electron chi connectivity index (χ4n) is 1.77. The second-order valence-corrected chi connectivity index (χ2v) is 4.84. The van der Waals surface area contributed by atoms with E-state index in [-0.39, 0.29) is 10.7 Å². The molecule has 0 spiro atoms. The number of likely N-dealkylation sites (tertiary alicyclic amines) is 1. The Morgan fingerprint density at radius 1 is 1.53 bits per heavy atom. The Balaban J connectivity index is 1.86. The third kappa shape index (κ3) is 2.59. The lowest BCUT2D eigenvalue weighted by Gasteiger charge is -2.29. The zero-order valence-electron chi connectivity index (χ0n) is 8.47. The van der Waals surface area contributed by atoms with Crippen LogP contribution in [0.25, 0.3) is 0 Å². The summed E-state index contributed by atoms with van der Waals surface area (Å²) >= 11 is 3.40. The van der Waals surface area contributed by atoms with Gasteiger partial charge in [-0.1, -0.05) is 15.9 Å². The van der Waals surface area contributed by atoms with Crippen LogP contribution < -0.4 is 0 Å². The molecule has 0 bridgehead atoms. The number of carbonyl (C=O) groups excluding carboxylic acids is 1. The van der Waals surface area contributed by atoms with Crippen molar-refractivity contribution in [2.45, 2.75) is 24.2 Å². The van der Waals surface area contributed by atoms with E-state index < -0.39 is 0 Å². The third-order valence-corrected chi connectivity index (χ3v) is 3.50. The van der Waals surface area contributed by atoms with Crippen LogP contribution in [-0.2, 0) is 11.3 Å². The summed E-state index contributed by atoms with van der Waals surface area (Å²) in [7, 11) is 0. The molecule has 1 unspecified atom stereocenters. The largest absolute Gasteiger partial charge is 0.340 e. The highest BCUT2D eigenvalue weighted by Crippen LogP contribution is 2.18. The van der Waals surface area contributed by atoms with E-state index in [0.29, 0.717) is 0 Å². The normalized spacial score (nSPS) is 22.1. The minimum atomic E-state index is 0.0223. The molecule has 1 aromatic rings. The van der Waals surface area contributed by atoms with Crippen LogP contribution >= 0.6 is 15.9 Å². The van der Waals surface area contributed by atoms with Gasteiger partial charge in [0.1, 0.15) is 0 Å². The van der Waals surface area contributed by atoms with Gasteiger partial charge in [0.15, 0.2) is 0 Å². The van der Waals surface area contributed by atoms with E-state index in [1.54, 1.807) is 12.5 Å². The van der Waals surface area contributed by atoms with Crippen LogP contribution in [0.4, 0.5) is 0 Å². The molecule has 15 heavy (non-hydrogen) atoms. The van der Waals surface area contributed by atoms with Crippen molar-refractivity contribution in [3.05, 3.63) is 18.7 Å². The standard InChI is InChI=1S/C10H14BrN3O/c11-9-2-1-4-14(10(9)15)7-6-13-5-3-12-8-13/h3,5,8-9H,1-2,4,6-7H2. The number of alkyl halides is 1. The predicted molar refractivity (Wildman–Crippen MR) is 60.8 cm³/mol. The Bertz CT molecular complexity index is 325. The van der Waals surface area contributed by atoms with Gasteiger partial charge in [-0.25, -0.2) is 4.98 Å². The molecule has 0 aliphatic carbocycles. The summed E-state index contributed by atoms with van der Waals surface area (Å²) in [6.45, 7) is 2.48. The van der Waals surface area contributed by atoms with Gasteiger partial charge in [0.2, 0.25) is 5.91 Å². The highest BCUT2D eigenvalue weighted by atomic mass is 79.9. The quantitative estimate of drug-likeness (QED) is 0.777. The molecule has 5 heteroatoms. The summed E-state index contributed by atoms with van der Waals surface area (Å²) in [4.78, 5) is 17.7. The summed E-state index contributed by atoms with van der Waals surface area (Å²) in [5.41, 5.74) is 0. The summed E-state index contributed by atoms with van der Waals surface area (Å²) in [6, 6.07) is 0. The number of hydrogen-bond donors (Lipinski definition) is 0. The monoisotopic (exact) mass is 271 g/mol. The number of piperidine rings is 1. The second kappa shape index (κ2) is 4.79. The summed E-state index contributed by atoms with van der Waals surface area (Å²) in [6.07, 6.45) is 7.50. The first-order valence-corrected chi connectivity index (χ1v) is 6.07. The Labute approximate surface area is 97.4 Å². The lowest BCUT2D eigenvalue weighted by molar-refractivity contribution is -0.132. The molecular formula is C10H14BrN3O. The lowest BCUT2D eigenvalue weighted by atomic mass is 10.1. The minimum Gasteiger partial charge on any atom is -0.340 e. The van der Waals surface area contributed by atoms with Crippen molar-refractivity contribution in [3.63, 3.8) is 0 Å². The van der Waals surface area contributed by atoms with Crippen LogP contribution in [0.2, 0.25) is 0 Å². The Hall–Kier alpha value is -0.840. The first kappa shape index (κ1) is 10.7. The minimum absolute atomic E-state index is 0.0223. The van der Waals surface area contributed by atoms with Crippen LogP contribution in [0.1, 0.15) is 12.8 Å². The maximum absolute atomic E-state index is 11.7. The van der Waals surface area contributed by atoms with E-state index in [1.165, 1.54) is 0 Å². The van der Waals surface area contributed by atoms with Crippen LogP contribution in [-0.4, -0.2) is 38.3 Å². The van der Waals surface area contributed by atoms with Gasteiger partial charge < -0.3 is 9.47 Å². The zero-order chi connectivity index (χ0) is 10.7. The van der Waals surface area contributed by atoms with E-state index in [4.69, 9.17) is 0 Å². The molecule has 2 rings (SSSR count). The number of rotatable bonds is 3. The molecule has 1 saturated heterocycles. The number of hydrogen-bond acceptors (Lipinski definition) is 2. The van der Waals surface area contributed by atoms with Crippen molar-refractivity contribution in [2.24, 2.45) is 0 Å². The van der Waals surface area contributed by atoms with Gasteiger partial charge >= 0.3 is 0 Å². The Kier molecular flexibility index (Phi) is 3.41. The van der Waals surface area contributed by atoms with Gasteiger partial charge in [-0.3, -0.25) is 4.79 Å². The number of imidazole rings is 1. The van der Waals surface area contributed by atoms with Gasteiger partial charge in [-0.15, -0.1) is 0 Å². The maximum atomic E-state index is 11.7. The first-order valence-electron chi connectivity index (χ1n) is 5.16. The van der Waals surface area contributed by atoms with Crippen LogP contribution in [0.3, 0.4) is 0 Å². The molecule has 0 aromatic carbocycles. The summed E-state index contributed by atoms with van der Waals surface area (Å²) < 4.78 is 1.99. The van der Waals surface area contributed by atoms with E-state index in [0.717, 1.165) is 32.5 Å². The van der Waals surface area contributed by atoms with Crippen molar-refractivity contribution in [1.29, 1.82) is 0 Å². The van der Waals surface area contributed by atoms with Gasteiger partial charge in [-0.05, 0) is 12.8 Å². The number of nitrogens with zero attached hydrogens (tertiary/aromatic N) is 3. The average Bonchev–Trinajstić information content (AvgIpc) is 2.73. The first-order chi connectivity index (χ1) is 7.27. The van der Waals surface area contributed by atoms with Crippen LogP contribution in [0.5, 0.6) is 0 Å². The van der Waals surface area contributed by atoms with Gasteiger partial charge in [-0.2, -0.15) is 0 Å². The second-order valence-electron chi connectivity index (χ2n) is 3.74. The highest BCUT2D eigenvalue weighted by molar-refractivity contribution is 9.10. The topological polar surface area (TPSA) is 38.1 Å². The Morgan fingerprint density at radius 3 is 3.13 bits per heavy atom. The van der Waals surface area contributed by atoms with Crippen molar-refractivity contribution in [1.82, 2.24) is 14.5 Å². The van der Waals surface area contributed by atoms with Crippen molar-refractivity contribution in [2.75, 3.05) is 13.1 Å². The molecule has 1 fully saturated rings. The number of amides is 1. The van der Waals surface area contributed by atoms with Gasteiger partial charge in [0.25, 0.3) is 0 Å². The fraction of sp³-hybridized carbons (Fsp3) is 0.600. The molecular weight excluding hydrogens is 258 g/mol. The molecule has 1 amide bonds. The molecule has 1 aromatic heterocycles. The molecule has 1 aliphatic rings. The van der Waals surface area contributed by atoms with Gasteiger partial charge in [0, 0.05) is 32.0 Å². The SMILES string of the molecule is O=C1C(Br)CCCN1CCn1ccnc1. The van der Waals surface area contributed by atoms with Crippen molar-refractivity contribution < 1.29 is 4.79 Å². The smallest absolute Gasteiger partial charge is 0.236 e. The molecule has 4 nitrogen and oxygen atoms in total. The summed E-state index contributed by atoms with van der Waals surface area (Å²) in [5.74, 6) is 0.223. The molecule has 1 atom stereocenters. The average molecular weight is 272 g/mol. The maximum Gasteiger partial charge on any atom is 0.236 e. The molecule has 0 N–H and O–H groups in total.